The fourth-order valence-corrected chi connectivity index (χ4v) is 6.00. The Morgan fingerprint density at radius 1 is 1.02 bits per heavy atom. The number of nitrogens with one attached hydrogen (secondary N) is 1. The molecule has 1 saturated heterocycles. The molecule has 41 heavy (non-hydrogen) atoms. The topological polar surface area (TPSA) is 101 Å². The van der Waals surface area contributed by atoms with Crippen LogP contribution in [-0.4, -0.2) is 52.4 Å². The van der Waals surface area contributed by atoms with Crippen molar-refractivity contribution in [3.63, 3.8) is 0 Å². The first-order valence-corrected chi connectivity index (χ1v) is 14.6. The molecule has 1 aliphatic rings. The largest absolute Gasteiger partial charge is 0.481 e. The van der Waals surface area contributed by atoms with E-state index in [4.69, 9.17) is 14.5 Å². The number of carboxylic acid groups (broad SMARTS) is 1. The van der Waals surface area contributed by atoms with E-state index in [-0.39, 0.29) is 11.3 Å². The molecule has 1 fully saturated rings. The zero-order valence-corrected chi connectivity index (χ0v) is 26.6. The first-order chi connectivity index (χ1) is 19.0. The number of benzene rings is 1. The third-order valence-corrected chi connectivity index (χ3v) is 7.83. The minimum Gasteiger partial charge on any atom is -0.481 e. The number of nitrogens with zero attached hydrogens (tertiary/aromatic N) is 2. The lowest BCUT2D eigenvalue weighted by Crippen LogP contribution is -2.48. The first-order valence-electron chi connectivity index (χ1n) is 14.6. The molecule has 8 heteroatoms. The minimum absolute atomic E-state index is 0.139. The monoisotopic (exact) mass is 567 g/mol. The number of rotatable bonds is 8. The Morgan fingerprint density at radius 2 is 1.66 bits per heavy atom. The van der Waals surface area contributed by atoms with Gasteiger partial charge in [-0.2, -0.15) is 0 Å². The molecule has 0 saturated carbocycles. The van der Waals surface area contributed by atoms with Gasteiger partial charge in [-0.25, -0.2) is 14.6 Å². The van der Waals surface area contributed by atoms with E-state index in [2.05, 4.69) is 46.0 Å². The molecule has 0 bridgehead atoms. The van der Waals surface area contributed by atoms with Gasteiger partial charge in [0, 0.05) is 35.2 Å². The highest BCUT2D eigenvalue weighted by atomic mass is 16.6. The summed E-state index contributed by atoms with van der Waals surface area (Å²) in [6.07, 6.45) is -1.02. The van der Waals surface area contributed by atoms with Crippen molar-refractivity contribution in [2.24, 2.45) is 11.3 Å². The van der Waals surface area contributed by atoms with Gasteiger partial charge in [-0.1, -0.05) is 85.7 Å². The van der Waals surface area contributed by atoms with Gasteiger partial charge >= 0.3 is 12.1 Å². The lowest BCUT2D eigenvalue weighted by atomic mass is 9.72. The number of carbonyl (C=O) groups is 2. The summed E-state index contributed by atoms with van der Waals surface area (Å²) >= 11 is 0. The number of amides is 1. The Balaban J connectivity index is 2.20. The molecule has 4 atom stereocenters. The van der Waals surface area contributed by atoms with Crippen LogP contribution in [0.2, 0.25) is 0 Å². The zero-order chi connectivity index (χ0) is 30.9. The smallest absolute Gasteiger partial charge is 0.411 e. The summed E-state index contributed by atoms with van der Waals surface area (Å²) in [5.41, 5.74) is 3.17. The van der Waals surface area contributed by atoms with E-state index in [0.717, 1.165) is 22.4 Å². The van der Waals surface area contributed by atoms with Gasteiger partial charge in [0.1, 0.15) is 6.04 Å². The van der Waals surface area contributed by atoms with Crippen molar-refractivity contribution in [1.82, 2.24) is 15.2 Å². The van der Waals surface area contributed by atoms with E-state index in [0.29, 0.717) is 12.4 Å². The molecule has 1 aromatic heterocycles. The van der Waals surface area contributed by atoms with Crippen LogP contribution in [0.5, 0.6) is 5.88 Å². The lowest BCUT2D eigenvalue weighted by molar-refractivity contribution is -0.144. The highest BCUT2D eigenvalue weighted by Gasteiger charge is 2.59. The summed E-state index contributed by atoms with van der Waals surface area (Å²) in [5.74, 6) is -0.783. The van der Waals surface area contributed by atoms with Crippen LogP contribution in [0.3, 0.4) is 0 Å². The molecule has 1 aliphatic heterocycles. The Morgan fingerprint density at radius 3 is 2.17 bits per heavy atom. The van der Waals surface area contributed by atoms with Crippen LogP contribution in [0.15, 0.2) is 36.4 Å². The normalized spacial score (nSPS) is 21.4. The van der Waals surface area contributed by atoms with Gasteiger partial charge in [0.25, 0.3) is 0 Å². The number of likely N-dealkylation sites (tertiary alicyclic amines) is 1. The van der Waals surface area contributed by atoms with Crippen LogP contribution in [-0.2, 0) is 21.5 Å². The maximum Gasteiger partial charge on any atom is 0.411 e. The van der Waals surface area contributed by atoms with Gasteiger partial charge < -0.3 is 19.9 Å². The molecule has 3 rings (SSSR count). The summed E-state index contributed by atoms with van der Waals surface area (Å²) in [4.78, 5) is 33.0. The number of hydrogen-bond acceptors (Lipinski definition) is 6. The Bertz CT molecular complexity index is 1230. The van der Waals surface area contributed by atoms with Crippen LogP contribution in [0.1, 0.15) is 104 Å². The quantitative estimate of drug-likeness (QED) is 0.367. The predicted molar refractivity (Wildman–Crippen MR) is 161 cm³/mol. The van der Waals surface area contributed by atoms with E-state index in [1.165, 1.54) is 4.90 Å². The van der Waals surface area contributed by atoms with Crippen molar-refractivity contribution in [2.75, 3.05) is 7.11 Å². The lowest BCUT2D eigenvalue weighted by Gasteiger charge is -2.35. The van der Waals surface area contributed by atoms with E-state index in [1.54, 1.807) is 21.0 Å². The minimum atomic E-state index is -1.09. The van der Waals surface area contributed by atoms with Gasteiger partial charge in [0.05, 0.1) is 19.3 Å². The van der Waals surface area contributed by atoms with Crippen molar-refractivity contribution in [1.29, 1.82) is 0 Å². The van der Waals surface area contributed by atoms with Crippen molar-refractivity contribution >= 4 is 12.1 Å². The fraction of sp³-hybridized carbons (Fsp3) is 0.606. The molecule has 1 amide bonds. The molecule has 0 unspecified atom stereocenters. The molecule has 2 heterocycles. The molecule has 0 radical (unpaired) electrons. The standard InChI is InChI=1S/C33H49N3O5/c1-19(2)22-14-12-13-15-23(22)27-26(34-18-21-16-17-24(32(5,6)7)35-29(21)40-11)25(33(8,9)10)28(30(37)38)36(27)31(39)41-20(3)4/h12-17,19-20,25-28,34H,18H2,1-11H3,(H,37,38)/t25-,26-,27-,28-/m0/s1. The molecule has 2 N–H and O–H groups in total. The van der Waals surface area contributed by atoms with Crippen LogP contribution >= 0.6 is 0 Å². The van der Waals surface area contributed by atoms with Crippen molar-refractivity contribution < 1.29 is 24.2 Å². The number of aromatic nitrogens is 1. The van der Waals surface area contributed by atoms with Crippen LogP contribution in [0.4, 0.5) is 4.79 Å². The molecule has 2 aromatic rings. The van der Waals surface area contributed by atoms with E-state index < -0.39 is 47.6 Å². The summed E-state index contributed by atoms with van der Waals surface area (Å²) in [6.45, 7) is 20.6. The Labute approximate surface area is 245 Å². The number of carboxylic acids is 1. The second-order valence-corrected chi connectivity index (χ2v) is 13.8. The molecular formula is C33H49N3O5. The summed E-state index contributed by atoms with van der Waals surface area (Å²) in [7, 11) is 1.61. The Hall–Kier alpha value is -3.13. The van der Waals surface area contributed by atoms with Gasteiger partial charge in [0.2, 0.25) is 5.88 Å². The molecule has 226 valence electrons. The second-order valence-electron chi connectivity index (χ2n) is 13.8. The Kier molecular flexibility index (Phi) is 9.79. The molecule has 0 spiro atoms. The number of aliphatic carboxylic acids is 1. The van der Waals surface area contributed by atoms with Gasteiger partial charge in [-0.05, 0) is 42.4 Å². The van der Waals surface area contributed by atoms with Crippen LogP contribution in [0.25, 0.3) is 0 Å². The second kappa shape index (κ2) is 12.4. The van der Waals surface area contributed by atoms with E-state index in [1.807, 2.05) is 51.1 Å². The summed E-state index contributed by atoms with van der Waals surface area (Å²) < 4.78 is 11.4. The fourth-order valence-electron chi connectivity index (χ4n) is 6.00. The van der Waals surface area contributed by atoms with E-state index >= 15 is 0 Å². The third-order valence-electron chi connectivity index (χ3n) is 7.83. The van der Waals surface area contributed by atoms with Crippen LogP contribution < -0.4 is 10.1 Å². The number of hydrogen-bond donors (Lipinski definition) is 2. The average molecular weight is 568 g/mol. The number of methoxy groups -OCH3 is 1. The highest BCUT2D eigenvalue weighted by Crippen LogP contribution is 2.49. The zero-order valence-electron chi connectivity index (χ0n) is 26.6. The van der Waals surface area contributed by atoms with Gasteiger partial charge in [0.15, 0.2) is 0 Å². The maximum atomic E-state index is 13.7. The summed E-state index contributed by atoms with van der Waals surface area (Å²) in [6, 6.07) is 9.95. The van der Waals surface area contributed by atoms with Crippen molar-refractivity contribution in [2.45, 2.75) is 111 Å². The predicted octanol–water partition coefficient (Wildman–Crippen LogP) is 6.69. The van der Waals surface area contributed by atoms with Gasteiger partial charge in [-0.15, -0.1) is 0 Å². The molecule has 1 aromatic carbocycles. The number of carbonyl (C=O) groups excluding carboxylic acids is 1. The maximum absolute atomic E-state index is 13.7. The first kappa shape index (κ1) is 32.4. The van der Waals surface area contributed by atoms with Gasteiger partial charge in [-0.3, -0.25) is 4.90 Å². The SMILES string of the molecule is COc1nc(C(C)(C)C)ccc1CN[C@H]1[C@H](C(C)(C)C)[C@@H](C(=O)O)N(C(=O)OC(C)C)[C@H]1c1ccccc1C(C)C. The number of ether oxygens (including phenoxy) is 2. The van der Waals surface area contributed by atoms with E-state index in [9.17, 15) is 14.7 Å². The summed E-state index contributed by atoms with van der Waals surface area (Å²) in [5, 5.41) is 14.3. The molecular weight excluding hydrogens is 518 g/mol. The molecule has 8 nitrogen and oxygen atoms in total. The average Bonchev–Trinajstić information content (AvgIpc) is 3.22. The van der Waals surface area contributed by atoms with Crippen molar-refractivity contribution in [3.05, 3.63) is 58.8 Å². The highest BCUT2D eigenvalue weighted by molar-refractivity contribution is 5.82. The third kappa shape index (κ3) is 7.03. The number of pyridine rings is 1. The van der Waals surface area contributed by atoms with Crippen LogP contribution in [0, 0.1) is 11.3 Å². The molecule has 0 aliphatic carbocycles. The van der Waals surface area contributed by atoms with Crippen molar-refractivity contribution in [3.8, 4) is 5.88 Å².